The van der Waals surface area contributed by atoms with Crippen molar-refractivity contribution in [2.75, 3.05) is 18.5 Å². The summed E-state index contributed by atoms with van der Waals surface area (Å²) in [5.41, 5.74) is 5.17. The van der Waals surface area contributed by atoms with Gasteiger partial charge in [0.1, 0.15) is 5.84 Å². The van der Waals surface area contributed by atoms with Crippen LogP contribution in [0.1, 0.15) is 24.0 Å². The number of hydrogen-bond donors (Lipinski definition) is 3. The first kappa shape index (κ1) is 15.6. The highest BCUT2D eigenvalue weighted by molar-refractivity contribution is 6.00. The molecule has 0 radical (unpaired) electrons. The monoisotopic (exact) mass is 301 g/mol. The molecule has 21 heavy (non-hydrogen) atoms. The summed E-state index contributed by atoms with van der Waals surface area (Å²) in [6.07, 6.45) is -3.34. The maximum atomic E-state index is 12.7. The van der Waals surface area contributed by atoms with Gasteiger partial charge in [0, 0.05) is 24.8 Å². The van der Waals surface area contributed by atoms with Crippen LogP contribution in [0.2, 0.25) is 0 Å². The molecule has 0 heterocycles. The molecule has 4 nitrogen and oxygen atoms in total. The Hall–Kier alpha value is -1.76. The van der Waals surface area contributed by atoms with Crippen molar-refractivity contribution in [2.45, 2.75) is 25.1 Å². The molecule has 1 saturated carbocycles. The zero-order valence-corrected chi connectivity index (χ0v) is 11.6. The van der Waals surface area contributed by atoms with Crippen LogP contribution in [0.25, 0.3) is 0 Å². The maximum Gasteiger partial charge on any atom is 0.416 e. The average molecular weight is 301 g/mol. The van der Waals surface area contributed by atoms with Gasteiger partial charge in [0.05, 0.1) is 11.7 Å². The Morgan fingerprint density at radius 3 is 2.52 bits per heavy atom. The summed E-state index contributed by atoms with van der Waals surface area (Å²) in [6.45, 7) is 0.614. The number of alkyl halides is 3. The molecule has 0 amide bonds. The van der Waals surface area contributed by atoms with Crippen molar-refractivity contribution >= 4 is 11.5 Å². The van der Waals surface area contributed by atoms with Gasteiger partial charge in [-0.25, -0.2) is 0 Å². The predicted octanol–water partition coefficient (Wildman–Crippen LogP) is 2.20. The number of nitrogen functional groups attached to an aromatic ring is 1. The highest BCUT2D eigenvalue weighted by atomic mass is 19.4. The van der Waals surface area contributed by atoms with Crippen molar-refractivity contribution in [2.24, 2.45) is 11.7 Å². The van der Waals surface area contributed by atoms with Crippen LogP contribution < -0.4 is 10.6 Å². The molecule has 0 bridgehead atoms. The molecule has 0 saturated heterocycles. The second-order valence-electron chi connectivity index (χ2n) is 5.52. The van der Waals surface area contributed by atoms with Crippen LogP contribution in [0, 0.1) is 11.3 Å². The van der Waals surface area contributed by atoms with Crippen molar-refractivity contribution < 1.29 is 18.3 Å². The summed E-state index contributed by atoms with van der Waals surface area (Å²) in [4.78, 5) is 1.79. The molecule has 0 aromatic heterocycles. The Kier molecular flexibility index (Phi) is 4.13. The number of aliphatic hydroxyl groups excluding tert-OH is 1. The van der Waals surface area contributed by atoms with E-state index in [1.54, 1.807) is 11.9 Å². The smallest absolute Gasteiger partial charge is 0.393 e. The molecule has 0 spiro atoms. The summed E-state index contributed by atoms with van der Waals surface area (Å²) in [6, 6.07) is 3.24. The number of nitrogens with two attached hydrogens (primary N) is 1. The van der Waals surface area contributed by atoms with Crippen LogP contribution in [0.3, 0.4) is 0 Å². The van der Waals surface area contributed by atoms with E-state index in [9.17, 15) is 18.3 Å². The second-order valence-corrected chi connectivity index (χ2v) is 5.52. The summed E-state index contributed by atoms with van der Waals surface area (Å²) >= 11 is 0. The van der Waals surface area contributed by atoms with Gasteiger partial charge in [-0.2, -0.15) is 13.2 Å². The van der Waals surface area contributed by atoms with E-state index in [2.05, 4.69) is 0 Å². The Labute approximate surface area is 120 Å². The van der Waals surface area contributed by atoms with Crippen LogP contribution in [0.4, 0.5) is 18.9 Å². The van der Waals surface area contributed by atoms with Gasteiger partial charge in [0.2, 0.25) is 0 Å². The highest BCUT2D eigenvalue weighted by Gasteiger charge is 2.32. The van der Waals surface area contributed by atoms with Crippen molar-refractivity contribution in [3.63, 3.8) is 0 Å². The number of halogens is 3. The van der Waals surface area contributed by atoms with Gasteiger partial charge in [-0.3, -0.25) is 5.41 Å². The molecule has 1 aromatic rings. The Bertz CT molecular complexity index is 539. The number of amidine groups is 1. The fourth-order valence-electron chi connectivity index (χ4n) is 2.60. The van der Waals surface area contributed by atoms with Crippen molar-refractivity contribution in [1.29, 1.82) is 5.41 Å². The van der Waals surface area contributed by atoms with Gasteiger partial charge in [-0.05, 0) is 37.0 Å². The number of nitrogens with one attached hydrogen (secondary N) is 1. The van der Waals surface area contributed by atoms with Crippen LogP contribution >= 0.6 is 0 Å². The number of benzene rings is 1. The fraction of sp³-hybridized carbons (Fsp3) is 0.500. The second kappa shape index (κ2) is 5.55. The lowest BCUT2D eigenvalue weighted by Gasteiger charge is -2.35. The SMILES string of the molecule is CN(CC1CC(O)C1)c1ccc(C(F)(F)F)cc1C(=N)N. The lowest BCUT2D eigenvalue weighted by atomic mass is 9.82. The fourth-order valence-corrected chi connectivity index (χ4v) is 2.60. The number of rotatable bonds is 4. The third-order valence-corrected chi connectivity index (χ3v) is 3.77. The minimum absolute atomic E-state index is 0.0761. The Balaban J connectivity index is 2.23. The van der Waals surface area contributed by atoms with E-state index in [0.29, 0.717) is 31.0 Å². The predicted molar refractivity (Wildman–Crippen MR) is 74.5 cm³/mol. The van der Waals surface area contributed by atoms with Crippen LogP contribution in [0.5, 0.6) is 0 Å². The Morgan fingerprint density at radius 1 is 1.43 bits per heavy atom. The van der Waals surface area contributed by atoms with Crippen molar-refractivity contribution in [3.05, 3.63) is 29.3 Å². The molecule has 7 heteroatoms. The number of hydrogen-bond acceptors (Lipinski definition) is 3. The summed E-state index contributed by atoms with van der Waals surface area (Å²) < 4.78 is 38.2. The van der Waals surface area contributed by atoms with E-state index in [-0.39, 0.29) is 11.7 Å². The summed E-state index contributed by atoms with van der Waals surface area (Å²) in [5, 5.41) is 16.8. The largest absolute Gasteiger partial charge is 0.416 e. The first-order valence-corrected chi connectivity index (χ1v) is 6.63. The number of anilines is 1. The van der Waals surface area contributed by atoms with Crippen LogP contribution in [0.15, 0.2) is 18.2 Å². The number of aliphatic hydroxyl groups is 1. The van der Waals surface area contributed by atoms with Crippen LogP contribution in [-0.2, 0) is 6.18 Å². The molecule has 1 aliphatic carbocycles. The van der Waals surface area contributed by atoms with Gasteiger partial charge in [0.25, 0.3) is 0 Å². The quantitative estimate of drug-likeness (QED) is 0.589. The lowest BCUT2D eigenvalue weighted by molar-refractivity contribution is -0.137. The molecular weight excluding hydrogens is 283 g/mol. The minimum atomic E-state index is -4.46. The average Bonchev–Trinajstić information content (AvgIpc) is 2.34. The van der Waals surface area contributed by atoms with Gasteiger partial charge in [-0.1, -0.05) is 0 Å². The standard InChI is InChI=1S/C14H18F3N3O/c1-20(7-8-4-10(21)5-8)12-3-2-9(14(15,16)17)6-11(12)13(18)19/h2-3,6,8,10,21H,4-5,7H2,1H3,(H3,18,19). The van der Waals surface area contributed by atoms with Crippen LogP contribution in [-0.4, -0.2) is 30.6 Å². The van der Waals surface area contributed by atoms with Gasteiger partial charge in [0.15, 0.2) is 0 Å². The number of nitrogens with zero attached hydrogens (tertiary/aromatic N) is 1. The normalized spacial score (nSPS) is 21.8. The molecule has 0 atom stereocenters. The van der Waals surface area contributed by atoms with Crippen molar-refractivity contribution in [3.8, 4) is 0 Å². The van der Waals surface area contributed by atoms with Gasteiger partial charge in [-0.15, -0.1) is 0 Å². The first-order valence-electron chi connectivity index (χ1n) is 6.63. The van der Waals surface area contributed by atoms with E-state index in [4.69, 9.17) is 11.1 Å². The van der Waals surface area contributed by atoms with E-state index in [1.165, 1.54) is 6.07 Å². The van der Waals surface area contributed by atoms with E-state index < -0.39 is 17.6 Å². The summed E-state index contributed by atoms with van der Waals surface area (Å²) in [7, 11) is 1.75. The molecule has 0 aliphatic heterocycles. The van der Waals surface area contributed by atoms with Crippen molar-refractivity contribution in [1.82, 2.24) is 0 Å². The van der Waals surface area contributed by atoms with Gasteiger partial charge >= 0.3 is 6.18 Å². The van der Waals surface area contributed by atoms with E-state index >= 15 is 0 Å². The molecule has 0 unspecified atom stereocenters. The third-order valence-electron chi connectivity index (χ3n) is 3.77. The summed E-state index contributed by atoms with van der Waals surface area (Å²) in [5.74, 6) is -0.0799. The van der Waals surface area contributed by atoms with E-state index in [0.717, 1.165) is 12.1 Å². The first-order chi connectivity index (χ1) is 9.68. The molecule has 4 N–H and O–H groups in total. The zero-order valence-electron chi connectivity index (χ0n) is 11.6. The topological polar surface area (TPSA) is 73.3 Å². The Morgan fingerprint density at radius 2 is 2.05 bits per heavy atom. The molecule has 2 rings (SSSR count). The molecule has 1 aliphatic rings. The maximum absolute atomic E-state index is 12.7. The highest BCUT2D eigenvalue weighted by Crippen LogP contribution is 2.34. The van der Waals surface area contributed by atoms with Gasteiger partial charge < -0.3 is 15.7 Å². The molecule has 1 fully saturated rings. The molecular formula is C14H18F3N3O. The molecule has 1 aromatic carbocycles. The van der Waals surface area contributed by atoms with E-state index in [1.807, 2.05) is 0 Å². The molecule has 116 valence electrons. The lowest BCUT2D eigenvalue weighted by Crippen LogP contribution is -2.37. The minimum Gasteiger partial charge on any atom is -0.393 e. The third kappa shape index (κ3) is 3.47. The zero-order chi connectivity index (χ0) is 15.8.